The Labute approximate surface area is 148 Å². The molecule has 7 nitrogen and oxygen atoms in total. The third kappa shape index (κ3) is 2.40. The lowest BCUT2D eigenvalue weighted by Crippen LogP contribution is -2.17. The molecule has 0 bridgehead atoms. The zero-order valence-electron chi connectivity index (χ0n) is 14.0. The average molecular weight is 348 g/mol. The second kappa shape index (κ2) is 5.87. The van der Waals surface area contributed by atoms with E-state index in [-0.39, 0.29) is 12.4 Å². The summed E-state index contributed by atoms with van der Waals surface area (Å²) >= 11 is 0. The first-order valence-corrected chi connectivity index (χ1v) is 8.56. The number of aromatic nitrogens is 4. The predicted molar refractivity (Wildman–Crippen MR) is 93.2 cm³/mol. The van der Waals surface area contributed by atoms with Crippen LogP contribution in [0.3, 0.4) is 0 Å². The lowest BCUT2D eigenvalue weighted by molar-refractivity contribution is 0.475. The number of para-hydroxylation sites is 1. The van der Waals surface area contributed by atoms with E-state index in [1.54, 1.807) is 12.1 Å². The van der Waals surface area contributed by atoms with E-state index in [0.29, 0.717) is 5.76 Å². The number of rotatable bonds is 4. The Morgan fingerprint density at radius 2 is 1.92 bits per heavy atom. The standard InChI is InChI=1S/C19H16N4O3/c24-19-22(21-18(26-19)17-10-5-11-25-17)12-15-14-8-4-9-16(14)23(20-15)13-6-2-1-3-7-13/h1-3,5-7,10-11H,4,8-9,12H2. The van der Waals surface area contributed by atoms with Gasteiger partial charge in [-0.2, -0.15) is 9.78 Å². The van der Waals surface area contributed by atoms with E-state index in [0.717, 1.165) is 30.6 Å². The van der Waals surface area contributed by atoms with Gasteiger partial charge in [-0.25, -0.2) is 9.48 Å². The maximum absolute atomic E-state index is 12.2. The minimum Gasteiger partial charge on any atom is -0.459 e. The fourth-order valence-corrected chi connectivity index (χ4v) is 3.47. The van der Waals surface area contributed by atoms with Crippen LogP contribution in [0.1, 0.15) is 23.4 Å². The van der Waals surface area contributed by atoms with Gasteiger partial charge in [-0.05, 0) is 49.1 Å². The molecule has 1 aliphatic carbocycles. The number of hydrogen-bond donors (Lipinski definition) is 0. The summed E-state index contributed by atoms with van der Waals surface area (Å²) in [7, 11) is 0. The van der Waals surface area contributed by atoms with E-state index in [1.165, 1.54) is 22.2 Å². The predicted octanol–water partition coefficient (Wildman–Crippen LogP) is 2.82. The molecule has 0 radical (unpaired) electrons. The molecule has 0 atom stereocenters. The Kier molecular flexibility index (Phi) is 3.38. The summed E-state index contributed by atoms with van der Waals surface area (Å²) in [5.74, 6) is 0.0949. The molecule has 0 aliphatic heterocycles. The topological polar surface area (TPSA) is 79.0 Å². The largest absolute Gasteiger partial charge is 0.459 e. The van der Waals surface area contributed by atoms with Crippen LogP contribution in [0.15, 0.2) is 62.4 Å². The molecule has 0 N–H and O–H groups in total. The van der Waals surface area contributed by atoms with Crippen LogP contribution in [-0.2, 0) is 19.4 Å². The normalized spacial score (nSPS) is 13.2. The molecule has 4 aromatic rings. The highest BCUT2D eigenvalue weighted by Crippen LogP contribution is 2.28. The number of nitrogens with zero attached hydrogens (tertiary/aromatic N) is 4. The van der Waals surface area contributed by atoms with Crippen LogP contribution in [0.5, 0.6) is 0 Å². The van der Waals surface area contributed by atoms with Crippen molar-refractivity contribution in [1.29, 1.82) is 0 Å². The molecule has 0 spiro atoms. The first-order valence-electron chi connectivity index (χ1n) is 8.56. The molecule has 5 rings (SSSR count). The Balaban J connectivity index is 1.53. The van der Waals surface area contributed by atoms with Gasteiger partial charge in [-0.1, -0.05) is 18.2 Å². The van der Waals surface area contributed by atoms with Crippen LogP contribution in [0.25, 0.3) is 17.3 Å². The molecular weight excluding hydrogens is 332 g/mol. The lowest BCUT2D eigenvalue weighted by atomic mass is 10.2. The van der Waals surface area contributed by atoms with Crippen LogP contribution in [-0.4, -0.2) is 19.6 Å². The van der Waals surface area contributed by atoms with E-state index >= 15 is 0 Å². The van der Waals surface area contributed by atoms with Gasteiger partial charge in [-0.3, -0.25) is 0 Å². The molecule has 7 heteroatoms. The van der Waals surface area contributed by atoms with Gasteiger partial charge in [0.15, 0.2) is 5.76 Å². The van der Waals surface area contributed by atoms with Gasteiger partial charge in [0, 0.05) is 5.69 Å². The molecule has 0 amide bonds. The Bertz CT molecular complexity index is 1100. The highest BCUT2D eigenvalue weighted by Gasteiger charge is 2.24. The van der Waals surface area contributed by atoms with Crippen LogP contribution in [0.2, 0.25) is 0 Å². The molecule has 3 heterocycles. The highest BCUT2D eigenvalue weighted by molar-refractivity contribution is 5.42. The fraction of sp³-hybridized carbons (Fsp3) is 0.211. The zero-order valence-corrected chi connectivity index (χ0v) is 14.0. The molecular formula is C19H16N4O3. The van der Waals surface area contributed by atoms with Crippen LogP contribution < -0.4 is 5.76 Å². The lowest BCUT2D eigenvalue weighted by Gasteiger charge is -2.04. The number of benzene rings is 1. The number of fused-ring (bicyclic) bond motifs is 1. The van der Waals surface area contributed by atoms with Crippen molar-refractivity contribution in [1.82, 2.24) is 19.6 Å². The maximum atomic E-state index is 12.2. The highest BCUT2D eigenvalue weighted by atomic mass is 16.4. The van der Waals surface area contributed by atoms with E-state index in [2.05, 4.69) is 5.10 Å². The Morgan fingerprint density at radius 3 is 2.73 bits per heavy atom. The van der Waals surface area contributed by atoms with Gasteiger partial charge in [0.2, 0.25) is 0 Å². The van der Waals surface area contributed by atoms with Crippen molar-refractivity contribution in [3.05, 3.63) is 76.2 Å². The van der Waals surface area contributed by atoms with Crippen molar-refractivity contribution >= 4 is 0 Å². The van der Waals surface area contributed by atoms with E-state index in [4.69, 9.17) is 13.9 Å². The van der Waals surface area contributed by atoms with Crippen molar-refractivity contribution < 1.29 is 8.83 Å². The average Bonchev–Trinajstić information content (AvgIpc) is 3.42. The van der Waals surface area contributed by atoms with Gasteiger partial charge in [0.1, 0.15) is 0 Å². The summed E-state index contributed by atoms with van der Waals surface area (Å²) in [6.07, 6.45) is 4.57. The van der Waals surface area contributed by atoms with Crippen molar-refractivity contribution in [2.45, 2.75) is 25.8 Å². The molecule has 0 unspecified atom stereocenters. The van der Waals surface area contributed by atoms with Gasteiger partial charge in [0.25, 0.3) is 5.89 Å². The monoisotopic (exact) mass is 348 g/mol. The van der Waals surface area contributed by atoms with Crippen molar-refractivity contribution in [3.8, 4) is 17.3 Å². The van der Waals surface area contributed by atoms with Gasteiger partial charge < -0.3 is 8.83 Å². The summed E-state index contributed by atoms with van der Waals surface area (Å²) < 4.78 is 13.7. The fourth-order valence-electron chi connectivity index (χ4n) is 3.47. The summed E-state index contributed by atoms with van der Waals surface area (Å²) in [4.78, 5) is 12.2. The molecule has 1 aliphatic rings. The number of hydrogen-bond acceptors (Lipinski definition) is 5. The summed E-state index contributed by atoms with van der Waals surface area (Å²) in [5.41, 5.74) is 4.32. The smallest absolute Gasteiger partial charge is 0.437 e. The molecule has 0 saturated carbocycles. The molecule has 3 aromatic heterocycles. The van der Waals surface area contributed by atoms with Crippen LogP contribution in [0.4, 0.5) is 0 Å². The molecule has 0 saturated heterocycles. The Morgan fingerprint density at radius 1 is 1.04 bits per heavy atom. The van der Waals surface area contributed by atoms with Gasteiger partial charge in [-0.15, -0.1) is 5.10 Å². The summed E-state index contributed by atoms with van der Waals surface area (Å²) in [6.45, 7) is 0.283. The second-order valence-electron chi connectivity index (χ2n) is 6.28. The number of furan rings is 1. The van der Waals surface area contributed by atoms with Crippen LogP contribution >= 0.6 is 0 Å². The third-order valence-electron chi connectivity index (χ3n) is 4.65. The first kappa shape index (κ1) is 14.9. The van der Waals surface area contributed by atoms with Crippen molar-refractivity contribution in [3.63, 3.8) is 0 Å². The SMILES string of the molecule is O=c1oc(-c2ccco2)nn1Cc1nn(-c2ccccc2)c2c1CCC2. The zero-order chi connectivity index (χ0) is 17.5. The molecule has 0 fully saturated rings. The molecule has 26 heavy (non-hydrogen) atoms. The summed E-state index contributed by atoms with van der Waals surface area (Å²) in [5, 5.41) is 9.01. The molecule has 1 aromatic carbocycles. The van der Waals surface area contributed by atoms with Gasteiger partial charge >= 0.3 is 5.76 Å². The quantitative estimate of drug-likeness (QED) is 0.567. The minimum atomic E-state index is -0.516. The van der Waals surface area contributed by atoms with E-state index < -0.39 is 5.76 Å². The Hall–Kier alpha value is -3.35. The summed E-state index contributed by atoms with van der Waals surface area (Å²) in [6, 6.07) is 13.5. The molecule has 130 valence electrons. The third-order valence-corrected chi connectivity index (χ3v) is 4.65. The maximum Gasteiger partial charge on any atom is 0.437 e. The van der Waals surface area contributed by atoms with E-state index in [1.807, 2.05) is 35.0 Å². The van der Waals surface area contributed by atoms with Gasteiger partial charge in [0.05, 0.1) is 24.2 Å². The first-order chi connectivity index (χ1) is 12.8. The van der Waals surface area contributed by atoms with E-state index in [9.17, 15) is 4.79 Å². The van der Waals surface area contributed by atoms with Crippen LogP contribution in [0, 0.1) is 0 Å². The minimum absolute atomic E-state index is 0.180. The second-order valence-corrected chi connectivity index (χ2v) is 6.28. The van der Waals surface area contributed by atoms with Crippen molar-refractivity contribution in [2.75, 3.05) is 0 Å². The van der Waals surface area contributed by atoms with Crippen molar-refractivity contribution in [2.24, 2.45) is 0 Å².